The Morgan fingerprint density at radius 1 is 1.12 bits per heavy atom. The van der Waals surface area contributed by atoms with Crippen molar-refractivity contribution < 1.29 is 4.79 Å². The van der Waals surface area contributed by atoms with Crippen molar-refractivity contribution >= 4 is 27.5 Å². The average molecular weight is 357 g/mol. The first kappa shape index (κ1) is 17.0. The summed E-state index contributed by atoms with van der Waals surface area (Å²) in [6.07, 6.45) is 5.78. The van der Waals surface area contributed by atoms with E-state index in [1.807, 2.05) is 6.07 Å². The second kappa shape index (κ2) is 7.06. The number of thiazole rings is 1. The van der Waals surface area contributed by atoms with Crippen molar-refractivity contribution in [3.63, 3.8) is 0 Å². The molecule has 0 bridgehead atoms. The maximum absolute atomic E-state index is 13.3. The van der Waals surface area contributed by atoms with E-state index in [2.05, 4.69) is 36.9 Å². The van der Waals surface area contributed by atoms with Crippen LogP contribution in [0.5, 0.6) is 0 Å². The molecule has 1 aromatic heterocycles. The predicted octanol–water partition coefficient (Wildman–Crippen LogP) is 5.07. The highest BCUT2D eigenvalue weighted by Crippen LogP contribution is 2.42. The topological polar surface area (TPSA) is 33.2 Å². The van der Waals surface area contributed by atoms with Gasteiger partial charge >= 0.3 is 0 Å². The summed E-state index contributed by atoms with van der Waals surface area (Å²) in [4.78, 5) is 20.4. The van der Waals surface area contributed by atoms with Gasteiger partial charge in [0.15, 0.2) is 0 Å². The molecule has 1 saturated carbocycles. The Morgan fingerprint density at radius 2 is 1.84 bits per heavy atom. The van der Waals surface area contributed by atoms with Crippen LogP contribution in [0, 0.1) is 17.8 Å². The summed E-state index contributed by atoms with van der Waals surface area (Å²) in [7, 11) is 0. The molecule has 0 radical (unpaired) electrons. The highest BCUT2D eigenvalue weighted by Gasteiger charge is 2.38. The molecular weight excluding hydrogens is 328 g/mol. The van der Waals surface area contributed by atoms with E-state index in [1.165, 1.54) is 29.0 Å². The number of rotatable bonds is 2. The number of hydrogen-bond donors (Lipinski definition) is 0. The molecule has 4 atom stereocenters. The van der Waals surface area contributed by atoms with Gasteiger partial charge in [0.05, 0.1) is 15.2 Å². The maximum atomic E-state index is 13.3. The van der Waals surface area contributed by atoms with E-state index >= 15 is 0 Å². The van der Waals surface area contributed by atoms with Gasteiger partial charge in [-0.2, -0.15) is 0 Å². The standard InChI is InChI=1S/C21H28N2OS/c1-14-11-15(2)13-23(12-14)21(24)17-8-4-3-7-16(17)20-22-18-9-5-6-10-19(18)25-20/h5-6,9-10,14-17H,3-4,7-8,11-13H2,1-2H3. The Bertz CT molecular complexity index is 712. The number of nitrogens with zero attached hydrogens (tertiary/aromatic N) is 2. The third-order valence-corrected chi connectivity index (χ3v) is 7.06. The van der Waals surface area contributed by atoms with Crippen LogP contribution in [0.25, 0.3) is 10.2 Å². The molecule has 4 heteroatoms. The number of benzene rings is 1. The van der Waals surface area contributed by atoms with Crippen molar-refractivity contribution in [2.45, 2.75) is 51.9 Å². The molecule has 4 unspecified atom stereocenters. The third-order valence-electron chi connectivity index (χ3n) is 5.89. The largest absolute Gasteiger partial charge is 0.342 e. The van der Waals surface area contributed by atoms with Crippen LogP contribution in [0.2, 0.25) is 0 Å². The third kappa shape index (κ3) is 3.46. The van der Waals surface area contributed by atoms with Crippen molar-refractivity contribution in [1.29, 1.82) is 0 Å². The first-order chi connectivity index (χ1) is 12.1. The second-order valence-electron chi connectivity index (χ2n) is 8.21. The Morgan fingerprint density at radius 3 is 2.60 bits per heavy atom. The molecule has 4 rings (SSSR count). The van der Waals surface area contributed by atoms with Crippen molar-refractivity contribution in [2.75, 3.05) is 13.1 Å². The number of para-hydroxylation sites is 1. The normalized spacial score (nSPS) is 30.6. The van der Waals surface area contributed by atoms with Crippen molar-refractivity contribution in [2.24, 2.45) is 17.8 Å². The quantitative estimate of drug-likeness (QED) is 0.752. The Kier molecular flexibility index (Phi) is 4.81. The molecule has 2 heterocycles. The van der Waals surface area contributed by atoms with Gasteiger partial charge in [0, 0.05) is 24.9 Å². The zero-order chi connectivity index (χ0) is 17.4. The van der Waals surface area contributed by atoms with Crippen LogP contribution in [0.1, 0.15) is 56.9 Å². The summed E-state index contributed by atoms with van der Waals surface area (Å²) in [5.74, 6) is 2.08. The molecule has 1 aliphatic carbocycles. The van der Waals surface area contributed by atoms with Crippen molar-refractivity contribution in [1.82, 2.24) is 9.88 Å². The van der Waals surface area contributed by atoms with Gasteiger partial charge in [-0.05, 0) is 43.2 Å². The smallest absolute Gasteiger partial charge is 0.226 e. The van der Waals surface area contributed by atoms with Gasteiger partial charge in [-0.15, -0.1) is 11.3 Å². The van der Waals surface area contributed by atoms with E-state index in [1.54, 1.807) is 11.3 Å². The van der Waals surface area contributed by atoms with Gasteiger partial charge in [0.2, 0.25) is 5.91 Å². The van der Waals surface area contributed by atoms with Crippen LogP contribution < -0.4 is 0 Å². The molecule has 2 fully saturated rings. The molecule has 3 nitrogen and oxygen atoms in total. The molecule has 2 aromatic rings. The second-order valence-corrected chi connectivity index (χ2v) is 9.27. The molecular formula is C21H28N2OS. The minimum Gasteiger partial charge on any atom is -0.342 e. The minimum absolute atomic E-state index is 0.131. The summed E-state index contributed by atoms with van der Waals surface area (Å²) in [6, 6.07) is 8.35. The molecule has 2 aliphatic rings. The van der Waals surface area contributed by atoms with Crippen LogP contribution in [0.3, 0.4) is 0 Å². The molecule has 1 saturated heterocycles. The SMILES string of the molecule is CC1CC(C)CN(C(=O)C2CCCCC2c2nc3ccccc3s2)C1. The lowest BCUT2D eigenvalue weighted by atomic mass is 9.78. The number of fused-ring (bicyclic) bond motifs is 1. The minimum atomic E-state index is 0.131. The predicted molar refractivity (Wildman–Crippen MR) is 104 cm³/mol. The lowest BCUT2D eigenvalue weighted by Gasteiger charge is -2.39. The Labute approximate surface area is 154 Å². The number of hydrogen-bond acceptors (Lipinski definition) is 3. The van der Waals surface area contributed by atoms with E-state index in [-0.39, 0.29) is 5.92 Å². The van der Waals surface area contributed by atoms with Gasteiger partial charge in [-0.1, -0.05) is 38.8 Å². The first-order valence-electron chi connectivity index (χ1n) is 9.76. The van der Waals surface area contributed by atoms with E-state index in [0.29, 0.717) is 23.7 Å². The molecule has 1 aromatic carbocycles. The monoisotopic (exact) mass is 356 g/mol. The molecule has 0 spiro atoms. The summed E-state index contributed by atoms with van der Waals surface area (Å²) in [6.45, 7) is 6.43. The molecule has 134 valence electrons. The maximum Gasteiger partial charge on any atom is 0.226 e. The fourth-order valence-electron chi connectivity index (χ4n) is 4.85. The van der Waals surface area contributed by atoms with Crippen LogP contribution in [0.15, 0.2) is 24.3 Å². The zero-order valence-electron chi connectivity index (χ0n) is 15.3. The Balaban J connectivity index is 1.59. The lowest BCUT2D eigenvalue weighted by Crippen LogP contribution is -2.46. The summed E-state index contributed by atoms with van der Waals surface area (Å²) in [5.41, 5.74) is 1.08. The first-order valence-corrected chi connectivity index (χ1v) is 10.6. The highest BCUT2D eigenvalue weighted by atomic mass is 32.1. The van der Waals surface area contributed by atoms with E-state index in [9.17, 15) is 4.79 Å². The highest BCUT2D eigenvalue weighted by molar-refractivity contribution is 7.18. The van der Waals surface area contributed by atoms with E-state index in [0.717, 1.165) is 31.4 Å². The van der Waals surface area contributed by atoms with E-state index in [4.69, 9.17) is 4.98 Å². The van der Waals surface area contributed by atoms with Crippen LogP contribution in [-0.2, 0) is 4.79 Å². The summed E-state index contributed by atoms with van der Waals surface area (Å²) in [5, 5.41) is 1.18. The molecule has 1 amide bonds. The van der Waals surface area contributed by atoms with Crippen molar-refractivity contribution in [3.05, 3.63) is 29.3 Å². The number of carbonyl (C=O) groups excluding carboxylic acids is 1. The van der Waals surface area contributed by atoms with E-state index < -0.39 is 0 Å². The molecule has 0 N–H and O–H groups in total. The van der Waals surface area contributed by atoms with Crippen LogP contribution in [0.4, 0.5) is 0 Å². The average Bonchev–Trinajstić information content (AvgIpc) is 3.04. The number of aromatic nitrogens is 1. The Hall–Kier alpha value is -1.42. The number of carbonyl (C=O) groups is 1. The fraction of sp³-hybridized carbons (Fsp3) is 0.619. The summed E-state index contributed by atoms with van der Waals surface area (Å²) < 4.78 is 1.24. The van der Waals surface area contributed by atoms with Gasteiger partial charge in [-0.25, -0.2) is 4.98 Å². The van der Waals surface area contributed by atoms with Crippen molar-refractivity contribution in [3.8, 4) is 0 Å². The van der Waals surface area contributed by atoms with Gasteiger partial charge in [0.25, 0.3) is 0 Å². The zero-order valence-corrected chi connectivity index (χ0v) is 16.1. The van der Waals surface area contributed by atoms with Gasteiger partial charge < -0.3 is 4.90 Å². The van der Waals surface area contributed by atoms with Gasteiger partial charge in [0.1, 0.15) is 0 Å². The van der Waals surface area contributed by atoms with Gasteiger partial charge in [-0.3, -0.25) is 4.79 Å². The number of likely N-dealkylation sites (tertiary alicyclic amines) is 1. The van der Waals surface area contributed by atoms with Crippen LogP contribution >= 0.6 is 11.3 Å². The molecule has 1 aliphatic heterocycles. The fourth-order valence-corrected chi connectivity index (χ4v) is 6.02. The molecule has 25 heavy (non-hydrogen) atoms. The summed E-state index contributed by atoms with van der Waals surface area (Å²) >= 11 is 1.79. The lowest BCUT2D eigenvalue weighted by molar-refractivity contribution is -0.140. The number of amides is 1. The number of piperidine rings is 1. The van der Waals surface area contributed by atoms with Crippen LogP contribution in [-0.4, -0.2) is 28.9 Å².